The van der Waals surface area contributed by atoms with E-state index >= 15 is 0 Å². The van der Waals surface area contributed by atoms with Crippen molar-refractivity contribution >= 4 is 11.8 Å². The minimum Gasteiger partial charge on any atom is -0.332 e. The Bertz CT molecular complexity index is 482. The molecule has 0 N–H and O–H groups in total. The molecule has 17 heavy (non-hydrogen) atoms. The van der Waals surface area contributed by atoms with E-state index in [0.717, 1.165) is 17.5 Å². The number of rotatable bonds is 3. The van der Waals surface area contributed by atoms with Crippen LogP contribution in [0.5, 0.6) is 0 Å². The van der Waals surface area contributed by atoms with Gasteiger partial charge in [0.15, 0.2) is 5.03 Å². The summed E-state index contributed by atoms with van der Waals surface area (Å²) in [6.07, 6.45) is 4.64. The summed E-state index contributed by atoms with van der Waals surface area (Å²) < 4.78 is 0. The SMILES string of the molecule is Cc1ccc(CN2C=CS/C2=C/[N+](=O)[O-])cn1. The Morgan fingerprint density at radius 1 is 1.59 bits per heavy atom. The molecule has 0 aliphatic carbocycles. The molecule has 0 bridgehead atoms. The molecule has 2 rings (SSSR count). The summed E-state index contributed by atoms with van der Waals surface area (Å²) in [4.78, 5) is 16.0. The Balaban J connectivity index is 2.10. The van der Waals surface area contributed by atoms with Crippen LogP contribution in [-0.4, -0.2) is 14.8 Å². The smallest absolute Gasteiger partial charge is 0.264 e. The van der Waals surface area contributed by atoms with E-state index in [9.17, 15) is 10.1 Å². The first-order chi connectivity index (χ1) is 8.15. The van der Waals surface area contributed by atoms with Gasteiger partial charge in [0.25, 0.3) is 6.20 Å². The van der Waals surface area contributed by atoms with Crippen molar-refractivity contribution in [2.24, 2.45) is 0 Å². The van der Waals surface area contributed by atoms with Gasteiger partial charge in [-0.25, -0.2) is 0 Å². The highest BCUT2D eigenvalue weighted by molar-refractivity contribution is 8.06. The molecule has 0 saturated heterocycles. The Morgan fingerprint density at radius 2 is 2.41 bits per heavy atom. The summed E-state index contributed by atoms with van der Waals surface area (Å²) in [6.45, 7) is 2.52. The lowest BCUT2D eigenvalue weighted by Crippen LogP contribution is -2.12. The number of aromatic nitrogens is 1. The standard InChI is InChI=1S/C11H11N3O2S/c1-9-2-3-10(6-12-9)7-13-4-5-17-11(13)8-14(15)16/h2-6,8H,7H2,1H3/b11-8+. The average molecular weight is 249 g/mol. The molecule has 0 fully saturated rings. The number of pyridine rings is 1. The Kier molecular flexibility index (Phi) is 3.43. The van der Waals surface area contributed by atoms with E-state index in [-0.39, 0.29) is 0 Å². The van der Waals surface area contributed by atoms with Crippen molar-refractivity contribution < 1.29 is 4.92 Å². The number of hydrogen-bond donors (Lipinski definition) is 0. The van der Waals surface area contributed by atoms with E-state index in [0.29, 0.717) is 11.6 Å². The minimum atomic E-state index is -0.435. The second kappa shape index (κ2) is 5.01. The molecule has 0 atom stereocenters. The van der Waals surface area contributed by atoms with Crippen LogP contribution in [0, 0.1) is 17.0 Å². The van der Waals surface area contributed by atoms with Gasteiger partial charge in [-0.3, -0.25) is 15.1 Å². The van der Waals surface area contributed by atoms with Gasteiger partial charge in [0.2, 0.25) is 0 Å². The van der Waals surface area contributed by atoms with E-state index in [1.807, 2.05) is 35.6 Å². The molecule has 1 aromatic rings. The third-order valence-corrected chi connectivity index (χ3v) is 3.09. The third kappa shape index (κ3) is 3.07. The number of aryl methyl sites for hydroxylation is 1. The maximum Gasteiger partial charge on any atom is 0.264 e. The van der Waals surface area contributed by atoms with Gasteiger partial charge in [-0.05, 0) is 24.0 Å². The molecule has 0 amide bonds. The topological polar surface area (TPSA) is 59.3 Å². The molecule has 0 saturated carbocycles. The molecule has 1 aliphatic rings. The van der Waals surface area contributed by atoms with Crippen LogP contribution in [0.3, 0.4) is 0 Å². The van der Waals surface area contributed by atoms with Crippen molar-refractivity contribution in [3.63, 3.8) is 0 Å². The highest BCUT2D eigenvalue weighted by atomic mass is 32.2. The van der Waals surface area contributed by atoms with Gasteiger partial charge in [-0.15, -0.1) is 0 Å². The maximum atomic E-state index is 10.4. The van der Waals surface area contributed by atoms with Crippen molar-refractivity contribution in [3.8, 4) is 0 Å². The summed E-state index contributed by atoms with van der Waals surface area (Å²) in [7, 11) is 0. The fraction of sp³-hybridized carbons (Fsp3) is 0.182. The van der Waals surface area contributed by atoms with Gasteiger partial charge in [0.05, 0.1) is 4.92 Å². The van der Waals surface area contributed by atoms with Crippen molar-refractivity contribution in [2.75, 3.05) is 0 Å². The van der Waals surface area contributed by atoms with Crippen LogP contribution >= 0.6 is 11.8 Å². The number of thioether (sulfide) groups is 1. The van der Waals surface area contributed by atoms with Crippen LogP contribution in [0.4, 0.5) is 0 Å². The predicted octanol–water partition coefficient (Wildman–Crippen LogP) is 2.49. The lowest BCUT2D eigenvalue weighted by Gasteiger charge is -2.15. The van der Waals surface area contributed by atoms with Crippen molar-refractivity contribution in [1.29, 1.82) is 0 Å². The molecule has 88 valence electrons. The van der Waals surface area contributed by atoms with Crippen LogP contribution < -0.4 is 0 Å². The minimum absolute atomic E-state index is 0.435. The van der Waals surface area contributed by atoms with Gasteiger partial charge in [0, 0.05) is 24.6 Å². The molecule has 0 radical (unpaired) electrons. The van der Waals surface area contributed by atoms with Crippen molar-refractivity contribution in [1.82, 2.24) is 9.88 Å². The second-order valence-corrected chi connectivity index (χ2v) is 4.52. The van der Waals surface area contributed by atoms with E-state index < -0.39 is 4.92 Å². The third-order valence-electron chi connectivity index (χ3n) is 2.25. The molecule has 6 heteroatoms. The first-order valence-corrected chi connectivity index (χ1v) is 5.90. The molecule has 1 aromatic heterocycles. The quantitative estimate of drug-likeness (QED) is 0.608. The summed E-state index contributed by atoms with van der Waals surface area (Å²) >= 11 is 1.35. The highest BCUT2D eigenvalue weighted by Crippen LogP contribution is 2.30. The number of nitro groups is 1. The molecular weight excluding hydrogens is 238 g/mol. The first kappa shape index (κ1) is 11.7. The van der Waals surface area contributed by atoms with Crippen molar-refractivity contribution in [3.05, 3.63) is 62.5 Å². The molecule has 1 aliphatic heterocycles. The second-order valence-electron chi connectivity index (χ2n) is 3.59. The zero-order valence-electron chi connectivity index (χ0n) is 9.24. The van der Waals surface area contributed by atoms with Gasteiger partial charge < -0.3 is 4.90 Å². The summed E-state index contributed by atoms with van der Waals surface area (Å²) in [6, 6.07) is 3.90. The molecule has 5 nitrogen and oxygen atoms in total. The Morgan fingerprint density at radius 3 is 3.06 bits per heavy atom. The molecule has 0 aromatic carbocycles. The zero-order chi connectivity index (χ0) is 12.3. The first-order valence-electron chi connectivity index (χ1n) is 5.02. The molecule has 2 heterocycles. The van der Waals surface area contributed by atoms with Gasteiger partial charge in [0.1, 0.15) is 0 Å². The van der Waals surface area contributed by atoms with Crippen molar-refractivity contribution in [2.45, 2.75) is 13.5 Å². The van der Waals surface area contributed by atoms with Crippen LogP contribution in [-0.2, 0) is 6.54 Å². The molecule has 0 spiro atoms. The lowest BCUT2D eigenvalue weighted by molar-refractivity contribution is -0.403. The van der Waals surface area contributed by atoms with E-state index in [2.05, 4.69) is 4.98 Å². The highest BCUT2D eigenvalue weighted by Gasteiger charge is 2.16. The average Bonchev–Trinajstić information content (AvgIpc) is 2.68. The van der Waals surface area contributed by atoms with E-state index in [1.54, 1.807) is 6.20 Å². The number of hydrogen-bond acceptors (Lipinski definition) is 5. The summed E-state index contributed by atoms with van der Waals surface area (Å²) in [5.74, 6) is 0. The monoisotopic (exact) mass is 249 g/mol. The normalized spacial score (nSPS) is 16.8. The Hall–Kier alpha value is -1.82. The largest absolute Gasteiger partial charge is 0.332 e. The maximum absolute atomic E-state index is 10.4. The van der Waals surface area contributed by atoms with Gasteiger partial charge in [-0.2, -0.15) is 0 Å². The molecular formula is C11H11N3O2S. The van der Waals surface area contributed by atoms with Gasteiger partial charge in [-0.1, -0.05) is 17.8 Å². The lowest BCUT2D eigenvalue weighted by atomic mass is 10.2. The zero-order valence-corrected chi connectivity index (χ0v) is 10.1. The summed E-state index contributed by atoms with van der Waals surface area (Å²) in [5, 5.41) is 12.9. The van der Waals surface area contributed by atoms with Crippen LogP contribution in [0.1, 0.15) is 11.3 Å². The van der Waals surface area contributed by atoms with Gasteiger partial charge >= 0.3 is 0 Å². The fourth-order valence-electron chi connectivity index (χ4n) is 1.43. The molecule has 0 unspecified atom stereocenters. The van der Waals surface area contributed by atoms with Crippen LogP contribution in [0.2, 0.25) is 0 Å². The Labute approximate surface area is 103 Å². The van der Waals surface area contributed by atoms with Crippen LogP contribution in [0.15, 0.2) is 41.2 Å². The van der Waals surface area contributed by atoms with Crippen LogP contribution in [0.25, 0.3) is 0 Å². The van der Waals surface area contributed by atoms with E-state index in [1.165, 1.54) is 11.8 Å². The van der Waals surface area contributed by atoms with E-state index in [4.69, 9.17) is 0 Å². The fourth-order valence-corrected chi connectivity index (χ4v) is 2.18. The number of nitrogens with zero attached hydrogens (tertiary/aromatic N) is 3. The summed E-state index contributed by atoms with van der Waals surface area (Å²) in [5.41, 5.74) is 1.98. The predicted molar refractivity (Wildman–Crippen MR) is 66.3 cm³/mol.